The summed E-state index contributed by atoms with van der Waals surface area (Å²) in [5.41, 5.74) is 5.54. The fourth-order valence-corrected chi connectivity index (χ4v) is 3.57. The Kier molecular flexibility index (Phi) is 12.0. The third-order valence-electron chi connectivity index (χ3n) is 4.39. The first-order valence-electron chi connectivity index (χ1n) is 9.60. The van der Waals surface area contributed by atoms with Crippen molar-refractivity contribution in [3.05, 3.63) is 0 Å². The number of nitrogens with one attached hydrogen (secondary N) is 3. The van der Waals surface area contributed by atoms with Crippen molar-refractivity contribution >= 4 is 34.5 Å². The summed E-state index contributed by atoms with van der Waals surface area (Å²) < 4.78 is 0. The SMILES string of the molecule is CC(=O)NCCCCC1NC(=O)SCC(=O)CCCCC[C@@H](C(=O)CN)N1. The first kappa shape index (κ1) is 23.6. The molecule has 2 atom stereocenters. The quantitative estimate of drug-likeness (QED) is 0.470. The summed E-state index contributed by atoms with van der Waals surface area (Å²) in [4.78, 5) is 47.1. The molecule has 1 aliphatic rings. The van der Waals surface area contributed by atoms with Crippen LogP contribution < -0.4 is 21.7 Å². The highest BCUT2D eigenvalue weighted by molar-refractivity contribution is 8.14. The molecule has 1 fully saturated rings. The minimum Gasteiger partial charge on any atom is -0.356 e. The van der Waals surface area contributed by atoms with Crippen molar-refractivity contribution in [1.82, 2.24) is 16.0 Å². The molecular formula is C18H32N4O4S. The zero-order valence-corrected chi connectivity index (χ0v) is 16.9. The van der Waals surface area contributed by atoms with Gasteiger partial charge in [0.25, 0.3) is 5.24 Å². The lowest BCUT2D eigenvalue weighted by Gasteiger charge is -2.25. The molecule has 1 rings (SSSR count). The van der Waals surface area contributed by atoms with Crippen LogP contribution in [0.1, 0.15) is 58.3 Å². The van der Waals surface area contributed by atoms with Crippen LogP contribution in [0, 0.1) is 0 Å². The average molecular weight is 401 g/mol. The van der Waals surface area contributed by atoms with Gasteiger partial charge in [-0.1, -0.05) is 24.6 Å². The Morgan fingerprint density at radius 3 is 2.70 bits per heavy atom. The van der Waals surface area contributed by atoms with E-state index in [-0.39, 0.29) is 41.2 Å². The molecule has 27 heavy (non-hydrogen) atoms. The van der Waals surface area contributed by atoms with E-state index < -0.39 is 6.04 Å². The summed E-state index contributed by atoms with van der Waals surface area (Å²) in [5.74, 6) is 0.0970. The predicted octanol–water partition coefficient (Wildman–Crippen LogP) is 1.08. The van der Waals surface area contributed by atoms with E-state index in [4.69, 9.17) is 5.73 Å². The molecule has 2 amide bonds. The number of nitrogens with two attached hydrogens (primary N) is 1. The number of ketones is 2. The van der Waals surface area contributed by atoms with E-state index in [2.05, 4.69) is 16.0 Å². The van der Waals surface area contributed by atoms with E-state index in [1.165, 1.54) is 6.92 Å². The molecule has 0 aliphatic carbocycles. The number of Topliss-reactive ketones (excluding diaryl/α,β-unsaturated/α-hetero) is 2. The van der Waals surface area contributed by atoms with Gasteiger partial charge < -0.3 is 16.4 Å². The second kappa shape index (κ2) is 13.7. The average Bonchev–Trinajstić information content (AvgIpc) is 2.64. The van der Waals surface area contributed by atoms with Crippen molar-refractivity contribution in [2.75, 3.05) is 18.8 Å². The van der Waals surface area contributed by atoms with Crippen LogP contribution in [0.2, 0.25) is 0 Å². The minimum absolute atomic E-state index is 0.0475. The van der Waals surface area contributed by atoms with Gasteiger partial charge >= 0.3 is 0 Å². The number of rotatable bonds is 7. The normalized spacial score (nSPS) is 22.7. The van der Waals surface area contributed by atoms with Crippen molar-refractivity contribution in [3.63, 3.8) is 0 Å². The largest absolute Gasteiger partial charge is 0.356 e. The van der Waals surface area contributed by atoms with Gasteiger partial charge in [0.05, 0.1) is 24.5 Å². The second-order valence-electron chi connectivity index (χ2n) is 6.78. The zero-order chi connectivity index (χ0) is 20.1. The molecule has 0 aromatic heterocycles. The van der Waals surface area contributed by atoms with Gasteiger partial charge in [0, 0.05) is 19.9 Å². The van der Waals surface area contributed by atoms with E-state index in [9.17, 15) is 19.2 Å². The van der Waals surface area contributed by atoms with E-state index in [1.807, 2.05) is 0 Å². The van der Waals surface area contributed by atoms with Gasteiger partial charge in [-0.25, -0.2) is 0 Å². The van der Waals surface area contributed by atoms with Crippen LogP contribution in [0.15, 0.2) is 0 Å². The topological polar surface area (TPSA) is 130 Å². The fraction of sp³-hybridized carbons (Fsp3) is 0.778. The number of thioether (sulfide) groups is 1. The Hall–Kier alpha value is -1.45. The summed E-state index contributed by atoms with van der Waals surface area (Å²) in [6, 6.07) is -0.405. The fourth-order valence-electron chi connectivity index (χ4n) is 2.91. The molecule has 1 aliphatic heterocycles. The number of hydrogen-bond donors (Lipinski definition) is 4. The van der Waals surface area contributed by atoms with Crippen molar-refractivity contribution in [3.8, 4) is 0 Å². The van der Waals surface area contributed by atoms with Gasteiger partial charge in [-0.2, -0.15) is 0 Å². The van der Waals surface area contributed by atoms with E-state index in [0.717, 1.165) is 43.9 Å². The van der Waals surface area contributed by atoms with Gasteiger partial charge in [-0.05, 0) is 32.1 Å². The molecule has 9 heteroatoms. The molecule has 1 heterocycles. The molecule has 8 nitrogen and oxygen atoms in total. The molecule has 1 unspecified atom stereocenters. The molecular weight excluding hydrogens is 368 g/mol. The van der Waals surface area contributed by atoms with Crippen LogP contribution in [0.5, 0.6) is 0 Å². The van der Waals surface area contributed by atoms with E-state index >= 15 is 0 Å². The van der Waals surface area contributed by atoms with E-state index in [1.54, 1.807) is 0 Å². The van der Waals surface area contributed by atoms with Crippen LogP contribution in [0.4, 0.5) is 4.79 Å². The zero-order valence-electron chi connectivity index (χ0n) is 16.1. The third-order valence-corrected chi connectivity index (χ3v) is 5.24. The van der Waals surface area contributed by atoms with Crippen LogP contribution in [-0.2, 0) is 14.4 Å². The lowest BCUT2D eigenvalue weighted by molar-refractivity contribution is -0.120. The molecule has 0 aromatic carbocycles. The molecule has 1 saturated heterocycles. The molecule has 0 aromatic rings. The van der Waals surface area contributed by atoms with Gasteiger partial charge in [0.15, 0.2) is 5.78 Å². The van der Waals surface area contributed by atoms with Crippen LogP contribution in [0.25, 0.3) is 0 Å². The van der Waals surface area contributed by atoms with Gasteiger partial charge in [-0.15, -0.1) is 0 Å². The smallest absolute Gasteiger partial charge is 0.280 e. The monoisotopic (exact) mass is 400 g/mol. The Balaban J connectivity index is 2.68. The first-order valence-corrected chi connectivity index (χ1v) is 10.6. The van der Waals surface area contributed by atoms with Crippen molar-refractivity contribution in [2.24, 2.45) is 5.73 Å². The minimum atomic E-state index is -0.405. The number of hydrogen-bond acceptors (Lipinski definition) is 7. The predicted molar refractivity (Wildman–Crippen MR) is 106 cm³/mol. The van der Waals surface area contributed by atoms with Gasteiger partial charge in [0.1, 0.15) is 5.78 Å². The van der Waals surface area contributed by atoms with Crippen molar-refractivity contribution in [1.29, 1.82) is 0 Å². The van der Waals surface area contributed by atoms with Gasteiger partial charge in [-0.3, -0.25) is 24.5 Å². The molecule has 0 saturated carbocycles. The Morgan fingerprint density at radius 2 is 2.00 bits per heavy atom. The summed E-state index contributed by atoms with van der Waals surface area (Å²) in [6.45, 7) is 2.00. The maximum Gasteiger partial charge on any atom is 0.280 e. The highest BCUT2D eigenvalue weighted by Gasteiger charge is 2.22. The molecule has 0 bridgehead atoms. The summed E-state index contributed by atoms with van der Waals surface area (Å²) >= 11 is 0.966. The lowest BCUT2D eigenvalue weighted by atomic mass is 10.0. The Labute approximate surface area is 165 Å². The van der Waals surface area contributed by atoms with Crippen LogP contribution in [0.3, 0.4) is 0 Å². The summed E-state index contributed by atoms with van der Waals surface area (Å²) in [6.07, 6.45) is 5.36. The molecule has 0 radical (unpaired) electrons. The lowest BCUT2D eigenvalue weighted by Crippen LogP contribution is -2.52. The summed E-state index contributed by atoms with van der Waals surface area (Å²) in [7, 11) is 0. The maximum absolute atomic E-state index is 12.2. The second-order valence-corrected chi connectivity index (χ2v) is 7.73. The van der Waals surface area contributed by atoms with Gasteiger partial charge in [0.2, 0.25) is 5.91 Å². The molecule has 0 spiro atoms. The standard InChI is InChI=1S/C18H32N4O4S/c1-13(23)20-10-6-5-9-17-21-15(16(25)11-19)8-4-2-3-7-14(24)12-27-18(26)22-17/h15,17,21H,2-12,19H2,1H3,(H,20,23)(H,22,26)/t15-,17?/m0/s1. The Bertz CT molecular complexity index is 516. The Morgan fingerprint density at radius 1 is 1.22 bits per heavy atom. The molecule has 5 N–H and O–H groups in total. The molecule has 154 valence electrons. The number of unbranched alkanes of at least 4 members (excludes halogenated alkanes) is 1. The first-order chi connectivity index (χ1) is 12.9. The number of amides is 2. The van der Waals surface area contributed by atoms with Crippen molar-refractivity contribution < 1.29 is 19.2 Å². The number of carbonyl (C=O) groups excluding carboxylic acids is 4. The van der Waals surface area contributed by atoms with Crippen molar-refractivity contribution in [2.45, 2.75) is 70.5 Å². The van der Waals surface area contributed by atoms with Crippen LogP contribution in [-0.4, -0.2) is 53.8 Å². The van der Waals surface area contributed by atoms with Crippen LogP contribution >= 0.6 is 11.8 Å². The maximum atomic E-state index is 12.2. The third kappa shape index (κ3) is 11.1. The highest BCUT2D eigenvalue weighted by atomic mass is 32.2. The van der Waals surface area contributed by atoms with E-state index in [0.29, 0.717) is 25.8 Å². The number of carbonyl (C=O) groups is 4. The summed E-state index contributed by atoms with van der Waals surface area (Å²) in [5, 5.41) is 8.56. The highest BCUT2D eigenvalue weighted by Crippen LogP contribution is 2.13.